The molecule has 3 heteroatoms. The third-order valence-corrected chi connectivity index (χ3v) is 3.70. The Balaban J connectivity index is 2.04. The van der Waals surface area contributed by atoms with Gasteiger partial charge in [0.25, 0.3) is 0 Å². The van der Waals surface area contributed by atoms with Crippen molar-refractivity contribution < 1.29 is 0 Å². The summed E-state index contributed by atoms with van der Waals surface area (Å²) < 4.78 is 1.93. The van der Waals surface area contributed by atoms with Crippen LogP contribution in [0.4, 0.5) is 0 Å². The van der Waals surface area contributed by atoms with Gasteiger partial charge in [-0.1, -0.05) is 36.4 Å². The zero-order chi connectivity index (χ0) is 14.8. The fraction of sp³-hybridized carbons (Fsp3) is 0.167. The third-order valence-electron chi connectivity index (χ3n) is 3.70. The molecule has 0 fully saturated rings. The quantitative estimate of drug-likeness (QED) is 0.794. The fourth-order valence-electron chi connectivity index (χ4n) is 2.42. The number of rotatable bonds is 3. The second kappa shape index (κ2) is 5.54. The van der Waals surface area contributed by atoms with E-state index in [9.17, 15) is 0 Å². The summed E-state index contributed by atoms with van der Waals surface area (Å²) in [5.74, 6) is 0. The summed E-state index contributed by atoms with van der Waals surface area (Å²) in [6, 6.07) is 16.9. The predicted molar refractivity (Wildman–Crippen MR) is 86.4 cm³/mol. The largest absolute Gasteiger partial charge is 0.326 e. The smallest absolute Gasteiger partial charge is 0.0680 e. The first-order chi connectivity index (χ1) is 10.2. The minimum absolute atomic E-state index is 0.575. The Kier molecular flexibility index (Phi) is 3.59. The van der Waals surface area contributed by atoms with E-state index >= 15 is 0 Å². The van der Waals surface area contributed by atoms with Gasteiger partial charge >= 0.3 is 0 Å². The Bertz CT molecular complexity index is 754. The fourth-order valence-corrected chi connectivity index (χ4v) is 2.42. The zero-order valence-corrected chi connectivity index (χ0v) is 12.4. The highest BCUT2D eigenvalue weighted by molar-refractivity contribution is 5.67. The predicted octanol–water partition coefficient (Wildman–Crippen LogP) is 3.61. The normalized spacial score (nSPS) is 10.8. The molecule has 0 atom stereocenters. The molecule has 2 N–H and O–H groups in total. The summed E-state index contributed by atoms with van der Waals surface area (Å²) in [7, 11) is 0. The number of nitrogens with zero attached hydrogens (tertiary/aromatic N) is 2. The average molecular weight is 277 g/mol. The standard InChI is InChI=1S/C18H19N3/c1-13-3-6-17(16-7-4-15(12-19)5-8-16)11-18(13)21-10-9-14(2)20-21/h3-11H,12,19H2,1-2H3. The van der Waals surface area contributed by atoms with Gasteiger partial charge in [-0.15, -0.1) is 0 Å². The molecule has 21 heavy (non-hydrogen) atoms. The van der Waals surface area contributed by atoms with E-state index < -0.39 is 0 Å². The second-order valence-corrected chi connectivity index (χ2v) is 5.30. The Labute approximate surface area is 125 Å². The maximum atomic E-state index is 5.65. The Morgan fingerprint density at radius 2 is 1.67 bits per heavy atom. The van der Waals surface area contributed by atoms with Crippen LogP contribution in [0.5, 0.6) is 0 Å². The van der Waals surface area contributed by atoms with Gasteiger partial charge in [0, 0.05) is 12.7 Å². The van der Waals surface area contributed by atoms with E-state index in [2.05, 4.69) is 54.5 Å². The van der Waals surface area contributed by atoms with Crippen molar-refractivity contribution in [3.63, 3.8) is 0 Å². The summed E-state index contributed by atoms with van der Waals surface area (Å²) in [5, 5.41) is 4.50. The number of aromatic nitrogens is 2. The highest BCUT2D eigenvalue weighted by Gasteiger charge is 2.06. The van der Waals surface area contributed by atoms with Gasteiger partial charge in [0.05, 0.1) is 11.4 Å². The van der Waals surface area contributed by atoms with Crippen molar-refractivity contribution in [3.8, 4) is 16.8 Å². The highest BCUT2D eigenvalue weighted by Crippen LogP contribution is 2.25. The van der Waals surface area contributed by atoms with Crippen LogP contribution >= 0.6 is 0 Å². The first-order valence-corrected chi connectivity index (χ1v) is 7.10. The Hall–Kier alpha value is -2.39. The second-order valence-electron chi connectivity index (χ2n) is 5.30. The molecule has 0 aliphatic heterocycles. The summed E-state index contributed by atoms with van der Waals surface area (Å²) >= 11 is 0. The lowest BCUT2D eigenvalue weighted by Gasteiger charge is -2.10. The van der Waals surface area contributed by atoms with E-state index in [4.69, 9.17) is 5.73 Å². The molecular weight excluding hydrogens is 258 g/mol. The lowest BCUT2D eigenvalue weighted by atomic mass is 10.0. The molecule has 0 radical (unpaired) electrons. The van der Waals surface area contributed by atoms with Crippen LogP contribution in [0.15, 0.2) is 54.7 Å². The van der Waals surface area contributed by atoms with Gasteiger partial charge in [-0.25, -0.2) is 4.68 Å². The molecule has 0 spiro atoms. The number of hydrogen-bond acceptors (Lipinski definition) is 2. The van der Waals surface area contributed by atoms with Crippen LogP contribution in [0.1, 0.15) is 16.8 Å². The molecule has 0 aliphatic rings. The lowest BCUT2D eigenvalue weighted by molar-refractivity contribution is 0.856. The minimum atomic E-state index is 0.575. The van der Waals surface area contributed by atoms with E-state index in [0.29, 0.717) is 6.54 Å². The molecule has 0 bridgehead atoms. The maximum Gasteiger partial charge on any atom is 0.0680 e. The molecule has 1 heterocycles. The molecule has 0 unspecified atom stereocenters. The maximum absolute atomic E-state index is 5.65. The molecule has 0 saturated heterocycles. The summed E-state index contributed by atoms with van der Waals surface area (Å²) in [4.78, 5) is 0. The molecule has 106 valence electrons. The first kappa shape index (κ1) is 13.6. The van der Waals surface area contributed by atoms with Gasteiger partial charge in [0.15, 0.2) is 0 Å². The van der Waals surface area contributed by atoms with Gasteiger partial charge in [0.2, 0.25) is 0 Å². The molecule has 2 aromatic carbocycles. The molecule has 3 rings (SSSR count). The van der Waals surface area contributed by atoms with Crippen LogP contribution in [0.25, 0.3) is 16.8 Å². The highest BCUT2D eigenvalue weighted by atomic mass is 15.3. The third kappa shape index (κ3) is 2.73. The molecule has 1 aromatic heterocycles. The number of nitrogens with two attached hydrogens (primary N) is 1. The molecule has 0 aliphatic carbocycles. The molecular formula is C18H19N3. The van der Waals surface area contributed by atoms with E-state index in [1.807, 2.05) is 23.9 Å². The van der Waals surface area contributed by atoms with E-state index in [-0.39, 0.29) is 0 Å². The lowest BCUT2D eigenvalue weighted by Crippen LogP contribution is -1.99. The summed E-state index contributed by atoms with van der Waals surface area (Å²) in [6.07, 6.45) is 2.00. The van der Waals surface area contributed by atoms with Crippen molar-refractivity contribution in [2.45, 2.75) is 20.4 Å². The number of hydrogen-bond donors (Lipinski definition) is 1. The monoisotopic (exact) mass is 277 g/mol. The van der Waals surface area contributed by atoms with Crippen molar-refractivity contribution >= 4 is 0 Å². The molecule has 3 aromatic rings. The van der Waals surface area contributed by atoms with Crippen molar-refractivity contribution in [1.29, 1.82) is 0 Å². The van der Waals surface area contributed by atoms with Gasteiger partial charge in [-0.05, 0) is 48.2 Å². The van der Waals surface area contributed by atoms with Crippen LogP contribution in [0, 0.1) is 13.8 Å². The zero-order valence-electron chi connectivity index (χ0n) is 12.4. The molecule has 3 nitrogen and oxygen atoms in total. The van der Waals surface area contributed by atoms with Crippen LogP contribution in [-0.2, 0) is 6.54 Å². The number of aryl methyl sites for hydroxylation is 2. The van der Waals surface area contributed by atoms with Crippen molar-refractivity contribution in [1.82, 2.24) is 9.78 Å². The van der Waals surface area contributed by atoms with Crippen LogP contribution < -0.4 is 5.73 Å². The van der Waals surface area contributed by atoms with Gasteiger partial charge in [-0.3, -0.25) is 0 Å². The van der Waals surface area contributed by atoms with Gasteiger partial charge in [-0.2, -0.15) is 5.10 Å². The average Bonchev–Trinajstić information content (AvgIpc) is 2.94. The van der Waals surface area contributed by atoms with E-state index in [1.165, 1.54) is 16.7 Å². The van der Waals surface area contributed by atoms with Crippen LogP contribution in [-0.4, -0.2) is 9.78 Å². The van der Waals surface area contributed by atoms with Crippen molar-refractivity contribution in [3.05, 3.63) is 71.5 Å². The van der Waals surface area contributed by atoms with E-state index in [1.54, 1.807) is 0 Å². The topological polar surface area (TPSA) is 43.8 Å². The summed E-state index contributed by atoms with van der Waals surface area (Å²) in [6.45, 7) is 4.68. The SMILES string of the molecule is Cc1ccn(-c2cc(-c3ccc(CN)cc3)ccc2C)n1. The van der Waals surface area contributed by atoms with Gasteiger partial charge < -0.3 is 5.73 Å². The Morgan fingerprint density at radius 3 is 2.29 bits per heavy atom. The minimum Gasteiger partial charge on any atom is -0.326 e. The molecule has 0 saturated carbocycles. The van der Waals surface area contributed by atoms with Crippen LogP contribution in [0.2, 0.25) is 0 Å². The van der Waals surface area contributed by atoms with Crippen LogP contribution in [0.3, 0.4) is 0 Å². The summed E-state index contributed by atoms with van der Waals surface area (Å²) in [5.41, 5.74) is 12.5. The van der Waals surface area contributed by atoms with Gasteiger partial charge in [0.1, 0.15) is 0 Å². The molecule has 0 amide bonds. The number of benzene rings is 2. The first-order valence-electron chi connectivity index (χ1n) is 7.10. The van der Waals surface area contributed by atoms with Crippen molar-refractivity contribution in [2.24, 2.45) is 5.73 Å². The van der Waals surface area contributed by atoms with E-state index in [0.717, 1.165) is 16.9 Å². The Morgan fingerprint density at radius 1 is 0.952 bits per heavy atom. The van der Waals surface area contributed by atoms with Crippen molar-refractivity contribution in [2.75, 3.05) is 0 Å².